The number of hydrogen-bond donors (Lipinski definition) is 0. The fraction of sp³-hybridized carbons (Fsp3) is 0.636. The molecule has 1 aromatic rings. The van der Waals surface area contributed by atoms with Crippen LogP contribution in [0, 0.1) is 0 Å². The van der Waals surface area contributed by atoms with E-state index in [0.29, 0.717) is 6.54 Å². The Bertz CT molecular complexity index is 469. The summed E-state index contributed by atoms with van der Waals surface area (Å²) in [7, 11) is 1.66. The average molecular weight is 223 g/mol. The lowest BCUT2D eigenvalue weighted by atomic mass is 10.4. The molecule has 88 valence electrons. The molecule has 16 heavy (non-hydrogen) atoms. The van der Waals surface area contributed by atoms with Crippen LogP contribution in [0.5, 0.6) is 0 Å². The van der Waals surface area contributed by atoms with Crippen molar-refractivity contribution in [2.24, 2.45) is 7.05 Å². The van der Waals surface area contributed by atoms with Crippen LogP contribution >= 0.6 is 0 Å². The van der Waals surface area contributed by atoms with Crippen LogP contribution in [0.4, 0.5) is 0 Å². The minimum Gasteiger partial charge on any atom is -0.303 e. The highest BCUT2D eigenvalue weighted by Crippen LogP contribution is 2.05. The third-order valence-corrected chi connectivity index (χ3v) is 3.08. The molecule has 0 amide bonds. The number of aryl methyl sites for hydroxylation is 1. The molecule has 1 fully saturated rings. The quantitative estimate of drug-likeness (QED) is 0.703. The first kappa shape index (κ1) is 11.1. The summed E-state index contributed by atoms with van der Waals surface area (Å²) in [5.74, 6) is 0. The van der Waals surface area contributed by atoms with Gasteiger partial charge in [-0.15, -0.1) is 0 Å². The van der Waals surface area contributed by atoms with Crippen molar-refractivity contribution in [1.82, 2.24) is 14.0 Å². The lowest BCUT2D eigenvalue weighted by Gasteiger charge is -2.15. The van der Waals surface area contributed by atoms with E-state index >= 15 is 0 Å². The molecule has 0 aliphatic carbocycles. The van der Waals surface area contributed by atoms with Gasteiger partial charge in [-0.25, -0.2) is 4.79 Å². The highest BCUT2D eigenvalue weighted by Gasteiger charge is 2.12. The summed E-state index contributed by atoms with van der Waals surface area (Å²) in [6.07, 6.45) is 3.96. The normalized spacial score (nSPS) is 16.8. The molecule has 1 saturated heterocycles. The van der Waals surface area contributed by atoms with Crippen molar-refractivity contribution in [3.8, 4) is 0 Å². The van der Waals surface area contributed by atoms with Crippen LogP contribution in [-0.2, 0) is 13.6 Å². The molecule has 0 N–H and O–H groups in total. The van der Waals surface area contributed by atoms with E-state index in [1.807, 2.05) is 0 Å². The summed E-state index contributed by atoms with van der Waals surface area (Å²) in [6, 6.07) is 1.44. The minimum atomic E-state index is -0.230. The van der Waals surface area contributed by atoms with Gasteiger partial charge >= 0.3 is 5.69 Å². The topological polar surface area (TPSA) is 47.2 Å². The lowest BCUT2D eigenvalue weighted by Crippen LogP contribution is -2.40. The number of nitrogens with zero attached hydrogens (tertiary/aromatic N) is 3. The third-order valence-electron chi connectivity index (χ3n) is 3.08. The molecule has 5 heteroatoms. The smallest absolute Gasteiger partial charge is 0.303 e. The van der Waals surface area contributed by atoms with E-state index in [2.05, 4.69) is 4.90 Å². The lowest BCUT2D eigenvalue weighted by molar-refractivity contribution is 0.316. The van der Waals surface area contributed by atoms with Crippen LogP contribution in [-0.4, -0.2) is 33.7 Å². The average Bonchev–Trinajstić information content (AvgIpc) is 2.77. The fourth-order valence-electron chi connectivity index (χ4n) is 2.07. The van der Waals surface area contributed by atoms with Gasteiger partial charge in [-0.3, -0.25) is 9.36 Å². The van der Waals surface area contributed by atoms with E-state index in [1.54, 1.807) is 7.05 Å². The maximum atomic E-state index is 11.7. The van der Waals surface area contributed by atoms with E-state index in [9.17, 15) is 9.59 Å². The van der Waals surface area contributed by atoms with Crippen LogP contribution < -0.4 is 11.2 Å². The van der Waals surface area contributed by atoms with E-state index in [4.69, 9.17) is 0 Å². The molecule has 0 radical (unpaired) electrons. The molecule has 0 atom stereocenters. The zero-order valence-electron chi connectivity index (χ0n) is 9.56. The van der Waals surface area contributed by atoms with Gasteiger partial charge in [0.25, 0.3) is 5.56 Å². The zero-order chi connectivity index (χ0) is 11.5. The van der Waals surface area contributed by atoms with Crippen molar-refractivity contribution in [2.45, 2.75) is 19.4 Å². The first-order chi connectivity index (χ1) is 7.68. The Morgan fingerprint density at radius 2 is 1.88 bits per heavy atom. The molecule has 2 rings (SSSR count). The summed E-state index contributed by atoms with van der Waals surface area (Å²) < 4.78 is 2.74. The first-order valence-electron chi connectivity index (χ1n) is 5.67. The van der Waals surface area contributed by atoms with Crippen LogP contribution in [0.25, 0.3) is 0 Å². The van der Waals surface area contributed by atoms with Crippen LogP contribution in [0.3, 0.4) is 0 Å². The standard InChI is InChI=1S/C11H17N3O2/c1-12-7-4-10(15)14(11(12)16)9-8-13-5-2-3-6-13/h4,7H,2-3,5-6,8-9H2,1H3. The number of hydrogen-bond acceptors (Lipinski definition) is 3. The van der Waals surface area contributed by atoms with Crippen molar-refractivity contribution in [2.75, 3.05) is 19.6 Å². The Hall–Kier alpha value is -1.36. The third kappa shape index (κ3) is 2.24. The van der Waals surface area contributed by atoms with E-state index in [1.165, 1.54) is 34.2 Å². The van der Waals surface area contributed by atoms with Gasteiger partial charge in [0, 0.05) is 32.4 Å². The molecule has 0 spiro atoms. The Labute approximate surface area is 93.9 Å². The predicted molar refractivity (Wildman–Crippen MR) is 61.6 cm³/mol. The molecule has 0 saturated carbocycles. The SMILES string of the molecule is Cn1ccc(=O)n(CCN2CCCC2)c1=O. The molecule has 1 aromatic heterocycles. The van der Waals surface area contributed by atoms with Crippen LogP contribution in [0.2, 0.25) is 0 Å². The Balaban J connectivity index is 2.11. The monoisotopic (exact) mass is 223 g/mol. The van der Waals surface area contributed by atoms with Gasteiger partial charge < -0.3 is 9.47 Å². The predicted octanol–water partition coefficient (Wildman–Crippen LogP) is -0.357. The van der Waals surface area contributed by atoms with Gasteiger partial charge in [-0.05, 0) is 25.9 Å². The summed E-state index contributed by atoms with van der Waals surface area (Å²) in [4.78, 5) is 25.5. The van der Waals surface area contributed by atoms with E-state index in [0.717, 1.165) is 19.6 Å². The second kappa shape index (κ2) is 4.65. The largest absolute Gasteiger partial charge is 0.330 e. The molecule has 2 heterocycles. The number of aromatic nitrogens is 2. The van der Waals surface area contributed by atoms with Gasteiger partial charge in [0.1, 0.15) is 0 Å². The molecule has 5 nitrogen and oxygen atoms in total. The van der Waals surface area contributed by atoms with Gasteiger partial charge in [0.2, 0.25) is 0 Å². The Kier molecular flexibility index (Phi) is 3.24. The molecule has 0 aromatic carbocycles. The number of likely N-dealkylation sites (tertiary alicyclic amines) is 1. The highest BCUT2D eigenvalue weighted by molar-refractivity contribution is 4.85. The van der Waals surface area contributed by atoms with E-state index in [-0.39, 0.29) is 11.2 Å². The molecule has 1 aliphatic heterocycles. The Morgan fingerprint density at radius 1 is 1.19 bits per heavy atom. The highest BCUT2D eigenvalue weighted by atomic mass is 16.2. The van der Waals surface area contributed by atoms with Gasteiger partial charge in [-0.1, -0.05) is 0 Å². The van der Waals surface area contributed by atoms with E-state index < -0.39 is 0 Å². The summed E-state index contributed by atoms with van der Waals surface area (Å²) in [5, 5.41) is 0. The molecule has 1 aliphatic rings. The van der Waals surface area contributed by atoms with Crippen molar-refractivity contribution in [3.05, 3.63) is 33.1 Å². The Morgan fingerprint density at radius 3 is 2.56 bits per heavy atom. The van der Waals surface area contributed by atoms with Crippen molar-refractivity contribution >= 4 is 0 Å². The summed E-state index contributed by atoms with van der Waals surface area (Å²) in [6.45, 7) is 3.45. The molecular weight excluding hydrogens is 206 g/mol. The molecule has 0 bridgehead atoms. The summed E-state index contributed by atoms with van der Waals surface area (Å²) >= 11 is 0. The van der Waals surface area contributed by atoms with Crippen LogP contribution in [0.1, 0.15) is 12.8 Å². The molecular formula is C11H17N3O2. The second-order valence-electron chi connectivity index (χ2n) is 4.25. The summed E-state index contributed by atoms with van der Waals surface area (Å²) in [5.41, 5.74) is -0.436. The second-order valence-corrected chi connectivity index (χ2v) is 4.25. The van der Waals surface area contributed by atoms with Gasteiger partial charge in [0.05, 0.1) is 0 Å². The maximum absolute atomic E-state index is 11.7. The first-order valence-corrected chi connectivity index (χ1v) is 5.67. The van der Waals surface area contributed by atoms with Gasteiger partial charge in [0.15, 0.2) is 0 Å². The zero-order valence-corrected chi connectivity index (χ0v) is 9.56. The van der Waals surface area contributed by atoms with Crippen molar-refractivity contribution < 1.29 is 0 Å². The van der Waals surface area contributed by atoms with Gasteiger partial charge in [-0.2, -0.15) is 0 Å². The van der Waals surface area contributed by atoms with Crippen molar-refractivity contribution in [3.63, 3.8) is 0 Å². The number of rotatable bonds is 3. The maximum Gasteiger partial charge on any atom is 0.330 e. The van der Waals surface area contributed by atoms with Crippen molar-refractivity contribution in [1.29, 1.82) is 0 Å². The minimum absolute atomic E-state index is 0.206. The van der Waals surface area contributed by atoms with Crippen LogP contribution in [0.15, 0.2) is 21.9 Å². The fourth-order valence-corrected chi connectivity index (χ4v) is 2.07. The molecule has 0 unspecified atom stereocenters.